The van der Waals surface area contributed by atoms with Gasteiger partial charge >= 0.3 is 5.97 Å². The fourth-order valence-corrected chi connectivity index (χ4v) is 1.91. The Balaban J connectivity index is 2.30. The molecular weight excluding hydrogens is 230 g/mol. The maximum Gasteiger partial charge on any atom is 0.356 e. The van der Waals surface area contributed by atoms with E-state index in [4.69, 9.17) is 5.11 Å². The van der Waals surface area contributed by atoms with E-state index >= 15 is 0 Å². The van der Waals surface area contributed by atoms with Crippen molar-refractivity contribution in [3.63, 3.8) is 0 Å². The number of carboxylic acids is 1. The first-order valence-corrected chi connectivity index (χ1v) is 5.38. The van der Waals surface area contributed by atoms with Gasteiger partial charge in [-0.2, -0.15) is 0 Å². The highest BCUT2D eigenvalue weighted by atomic mass is 16.4. The summed E-state index contributed by atoms with van der Waals surface area (Å²) >= 11 is 0. The SMILES string of the molecule is O=C(O)c1ncccc1-n1cnc2ccccc21. The zero-order chi connectivity index (χ0) is 12.5. The van der Waals surface area contributed by atoms with Crippen molar-refractivity contribution >= 4 is 17.0 Å². The van der Waals surface area contributed by atoms with Gasteiger partial charge in [-0.1, -0.05) is 12.1 Å². The smallest absolute Gasteiger partial charge is 0.356 e. The first-order valence-electron chi connectivity index (χ1n) is 5.38. The van der Waals surface area contributed by atoms with Crippen molar-refractivity contribution < 1.29 is 9.90 Å². The number of aromatic carboxylic acids is 1. The van der Waals surface area contributed by atoms with Crippen LogP contribution in [-0.4, -0.2) is 25.6 Å². The first kappa shape index (κ1) is 10.5. The molecule has 0 bridgehead atoms. The van der Waals surface area contributed by atoms with Gasteiger partial charge < -0.3 is 5.11 Å². The molecule has 0 radical (unpaired) electrons. The highest BCUT2D eigenvalue weighted by Crippen LogP contribution is 2.19. The van der Waals surface area contributed by atoms with Crippen molar-refractivity contribution in [2.45, 2.75) is 0 Å². The molecule has 0 aliphatic heterocycles. The van der Waals surface area contributed by atoms with Crippen molar-refractivity contribution in [3.05, 3.63) is 54.6 Å². The van der Waals surface area contributed by atoms with Gasteiger partial charge in [0.1, 0.15) is 6.33 Å². The van der Waals surface area contributed by atoms with Gasteiger partial charge in [0.15, 0.2) is 5.69 Å². The average Bonchev–Trinajstić information content (AvgIpc) is 2.82. The van der Waals surface area contributed by atoms with Crippen LogP contribution < -0.4 is 0 Å². The van der Waals surface area contributed by atoms with Crippen LogP contribution in [0.15, 0.2) is 48.9 Å². The lowest BCUT2D eigenvalue weighted by Gasteiger charge is -2.06. The third kappa shape index (κ3) is 1.53. The molecule has 0 unspecified atom stereocenters. The number of fused-ring (bicyclic) bond motifs is 1. The summed E-state index contributed by atoms with van der Waals surface area (Å²) < 4.78 is 1.73. The lowest BCUT2D eigenvalue weighted by atomic mass is 10.2. The van der Waals surface area contributed by atoms with Gasteiger partial charge in [0.05, 0.1) is 16.7 Å². The van der Waals surface area contributed by atoms with Crippen LogP contribution in [0.2, 0.25) is 0 Å². The second-order valence-electron chi connectivity index (χ2n) is 3.78. The summed E-state index contributed by atoms with van der Waals surface area (Å²) in [4.78, 5) is 19.3. The van der Waals surface area contributed by atoms with Crippen LogP contribution in [0.4, 0.5) is 0 Å². The van der Waals surface area contributed by atoms with Gasteiger partial charge in [-0.25, -0.2) is 14.8 Å². The molecule has 5 nitrogen and oxygen atoms in total. The molecule has 0 aliphatic rings. The van der Waals surface area contributed by atoms with Gasteiger partial charge in [-0.15, -0.1) is 0 Å². The molecule has 2 heterocycles. The number of hydrogen-bond donors (Lipinski definition) is 1. The topological polar surface area (TPSA) is 68.0 Å². The van der Waals surface area contributed by atoms with Gasteiger partial charge in [-0.05, 0) is 24.3 Å². The molecule has 0 saturated heterocycles. The molecule has 1 N–H and O–H groups in total. The van der Waals surface area contributed by atoms with Crippen LogP contribution in [0, 0.1) is 0 Å². The lowest BCUT2D eigenvalue weighted by Crippen LogP contribution is -2.07. The van der Waals surface area contributed by atoms with Crippen LogP contribution in [0.3, 0.4) is 0 Å². The van der Waals surface area contributed by atoms with Crippen molar-refractivity contribution in [1.82, 2.24) is 14.5 Å². The Bertz CT molecular complexity index is 734. The highest BCUT2D eigenvalue weighted by molar-refractivity contribution is 5.90. The standard InChI is InChI=1S/C13H9N3O2/c17-13(18)12-11(6-3-7-14-12)16-8-15-9-4-1-2-5-10(9)16/h1-8H,(H,17,18). The summed E-state index contributed by atoms with van der Waals surface area (Å²) in [6.45, 7) is 0. The molecule has 3 rings (SSSR count). The second-order valence-corrected chi connectivity index (χ2v) is 3.78. The fraction of sp³-hybridized carbons (Fsp3) is 0. The van der Waals surface area contributed by atoms with E-state index in [0.29, 0.717) is 5.69 Å². The third-order valence-corrected chi connectivity index (χ3v) is 2.70. The zero-order valence-corrected chi connectivity index (χ0v) is 9.32. The number of pyridine rings is 1. The van der Waals surface area contributed by atoms with Crippen LogP contribution >= 0.6 is 0 Å². The van der Waals surface area contributed by atoms with E-state index in [-0.39, 0.29) is 5.69 Å². The number of para-hydroxylation sites is 2. The first-order chi connectivity index (χ1) is 8.77. The average molecular weight is 239 g/mol. The molecule has 0 amide bonds. The third-order valence-electron chi connectivity index (χ3n) is 2.70. The zero-order valence-electron chi connectivity index (χ0n) is 9.32. The molecule has 0 spiro atoms. The molecule has 0 saturated carbocycles. The summed E-state index contributed by atoms with van der Waals surface area (Å²) in [5, 5.41) is 9.14. The van der Waals surface area contributed by atoms with Crippen LogP contribution in [0.25, 0.3) is 16.7 Å². The molecule has 88 valence electrons. The van der Waals surface area contributed by atoms with E-state index in [9.17, 15) is 4.79 Å². The van der Waals surface area contributed by atoms with E-state index in [1.807, 2.05) is 24.3 Å². The highest BCUT2D eigenvalue weighted by Gasteiger charge is 2.14. The second kappa shape index (κ2) is 3.96. The Morgan fingerprint density at radius 1 is 1.11 bits per heavy atom. The molecule has 3 aromatic rings. The van der Waals surface area contributed by atoms with E-state index < -0.39 is 5.97 Å². The van der Waals surface area contributed by atoms with E-state index in [2.05, 4.69) is 9.97 Å². The minimum absolute atomic E-state index is 0.0145. The molecular formula is C13H9N3O2. The van der Waals surface area contributed by atoms with Gasteiger partial charge in [0, 0.05) is 6.20 Å². The van der Waals surface area contributed by atoms with Crippen molar-refractivity contribution in [2.75, 3.05) is 0 Å². The summed E-state index contributed by atoms with van der Waals surface area (Å²) in [6, 6.07) is 11.0. The Morgan fingerprint density at radius 3 is 2.78 bits per heavy atom. The van der Waals surface area contributed by atoms with Gasteiger partial charge in [0.25, 0.3) is 0 Å². The number of carboxylic acid groups (broad SMARTS) is 1. The predicted octanol–water partition coefficient (Wildman–Crippen LogP) is 2.12. The van der Waals surface area contributed by atoms with Gasteiger partial charge in [0.2, 0.25) is 0 Å². The number of imidazole rings is 1. The fourth-order valence-electron chi connectivity index (χ4n) is 1.91. The normalized spacial score (nSPS) is 10.7. The van der Waals surface area contributed by atoms with Crippen molar-refractivity contribution in [1.29, 1.82) is 0 Å². The summed E-state index contributed by atoms with van der Waals surface area (Å²) in [6.07, 6.45) is 3.07. The predicted molar refractivity (Wildman–Crippen MR) is 65.8 cm³/mol. The lowest BCUT2D eigenvalue weighted by molar-refractivity contribution is 0.0690. The Hall–Kier alpha value is -2.69. The van der Waals surface area contributed by atoms with E-state index in [0.717, 1.165) is 11.0 Å². The number of rotatable bonds is 2. The Labute approximate surface area is 102 Å². The summed E-state index contributed by atoms with van der Waals surface area (Å²) in [7, 11) is 0. The number of benzene rings is 1. The monoisotopic (exact) mass is 239 g/mol. The number of hydrogen-bond acceptors (Lipinski definition) is 3. The number of nitrogens with zero attached hydrogens (tertiary/aromatic N) is 3. The maximum absolute atomic E-state index is 11.2. The summed E-state index contributed by atoms with van der Waals surface area (Å²) in [5.74, 6) is -1.05. The molecule has 18 heavy (non-hydrogen) atoms. The Kier molecular flexibility index (Phi) is 2.30. The minimum Gasteiger partial charge on any atom is -0.476 e. The summed E-state index contributed by atoms with van der Waals surface area (Å²) in [5.41, 5.74) is 2.20. The minimum atomic E-state index is -1.05. The number of aromatic nitrogens is 3. The van der Waals surface area contributed by atoms with Gasteiger partial charge in [-0.3, -0.25) is 4.57 Å². The van der Waals surface area contributed by atoms with E-state index in [1.54, 1.807) is 23.0 Å². The molecule has 2 aromatic heterocycles. The Morgan fingerprint density at radius 2 is 1.94 bits per heavy atom. The molecule has 1 aromatic carbocycles. The molecule has 0 aliphatic carbocycles. The van der Waals surface area contributed by atoms with Crippen LogP contribution in [-0.2, 0) is 0 Å². The molecule has 5 heteroatoms. The van der Waals surface area contributed by atoms with Crippen LogP contribution in [0.1, 0.15) is 10.5 Å². The number of carbonyl (C=O) groups is 1. The maximum atomic E-state index is 11.2. The molecule has 0 fully saturated rings. The van der Waals surface area contributed by atoms with E-state index in [1.165, 1.54) is 6.20 Å². The van der Waals surface area contributed by atoms with Crippen molar-refractivity contribution in [3.8, 4) is 5.69 Å². The molecule has 0 atom stereocenters. The van der Waals surface area contributed by atoms with Crippen LogP contribution in [0.5, 0.6) is 0 Å². The van der Waals surface area contributed by atoms with Crippen molar-refractivity contribution in [2.24, 2.45) is 0 Å². The quantitative estimate of drug-likeness (QED) is 0.743. The largest absolute Gasteiger partial charge is 0.476 e.